The molecule has 2 heterocycles. The van der Waals surface area contributed by atoms with E-state index >= 15 is 0 Å². The summed E-state index contributed by atoms with van der Waals surface area (Å²) in [5, 5.41) is 0. The number of halogens is 6. The van der Waals surface area contributed by atoms with Crippen molar-refractivity contribution in [3.63, 3.8) is 0 Å². The molecule has 0 aliphatic rings. The first-order valence-electron chi connectivity index (χ1n) is 5.71. The Labute approximate surface area is 119 Å². The molecule has 0 amide bonds. The second kappa shape index (κ2) is 5.39. The van der Waals surface area contributed by atoms with Crippen molar-refractivity contribution in [1.82, 2.24) is 9.97 Å². The van der Waals surface area contributed by atoms with Crippen LogP contribution in [0.25, 0.3) is 0 Å². The predicted octanol–water partition coefficient (Wildman–Crippen LogP) is 3.75. The van der Waals surface area contributed by atoms with E-state index in [1.165, 1.54) is 0 Å². The molecular formula is C13H6F6N2O. The number of hydrogen-bond acceptors (Lipinski definition) is 3. The van der Waals surface area contributed by atoms with E-state index in [2.05, 4.69) is 9.97 Å². The number of carbonyl (C=O) groups excluding carboxylic acids is 1. The smallest absolute Gasteiger partial charge is 0.288 e. The SMILES string of the molecule is O=C(c1cccnc1C(F)(F)F)c1cccnc1C(F)(F)F. The van der Waals surface area contributed by atoms with Gasteiger partial charge in [-0.3, -0.25) is 14.8 Å². The van der Waals surface area contributed by atoms with Crippen LogP contribution in [0, 0.1) is 0 Å². The topological polar surface area (TPSA) is 42.9 Å². The number of hydrogen-bond donors (Lipinski definition) is 0. The third kappa shape index (κ3) is 3.07. The first kappa shape index (κ1) is 15.9. The minimum atomic E-state index is -4.97. The van der Waals surface area contributed by atoms with Crippen molar-refractivity contribution < 1.29 is 31.1 Å². The summed E-state index contributed by atoms with van der Waals surface area (Å²) in [4.78, 5) is 18.2. The Morgan fingerprint density at radius 2 is 1.14 bits per heavy atom. The van der Waals surface area contributed by atoms with Gasteiger partial charge in [0.1, 0.15) is 0 Å². The Kier molecular flexibility index (Phi) is 3.90. The van der Waals surface area contributed by atoms with Crippen LogP contribution in [-0.4, -0.2) is 15.8 Å². The molecule has 2 aromatic rings. The quantitative estimate of drug-likeness (QED) is 0.625. The molecule has 116 valence electrons. The van der Waals surface area contributed by atoms with Gasteiger partial charge >= 0.3 is 12.4 Å². The molecule has 0 saturated heterocycles. The summed E-state index contributed by atoms with van der Waals surface area (Å²) in [5.74, 6) is -1.44. The van der Waals surface area contributed by atoms with Crippen LogP contribution >= 0.6 is 0 Å². The summed E-state index contributed by atoms with van der Waals surface area (Å²) < 4.78 is 76.8. The minimum Gasteiger partial charge on any atom is -0.288 e. The highest BCUT2D eigenvalue weighted by Crippen LogP contribution is 2.34. The van der Waals surface area contributed by atoms with Gasteiger partial charge in [0.25, 0.3) is 0 Å². The Bertz CT molecular complexity index is 649. The molecule has 0 fully saturated rings. The highest BCUT2D eigenvalue weighted by Gasteiger charge is 2.40. The van der Waals surface area contributed by atoms with E-state index in [-0.39, 0.29) is 0 Å². The summed E-state index contributed by atoms with van der Waals surface area (Å²) in [6.45, 7) is 0. The van der Waals surface area contributed by atoms with Crippen molar-refractivity contribution in [2.75, 3.05) is 0 Å². The van der Waals surface area contributed by atoms with E-state index in [1.807, 2.05) is 0 Å². The lowest BCUT2D eigenvalue weighted by molar-refractivity contribution is -0.141. The first-order valence-corrected chi connectivity index (χ1v) is 5.71. The fourth-order valence-corrected chi connectivity index (χ4v) is 1.77. The summed E-state index contributed by atoms with van der Waals surface area (Å²) in [5.41, 5.74) is -5.02. The molecule has 0 spiro atoms. The molecule has 9 heteroatoms. The van der Waals surface area contributed by atoms with Gasteiger partial charge in [0.05, 0.1) is 11.1 Å². The fraction of sp³-hybridized carbons (Fsp3) is 0.154. The lowest BCUT2D eigenvalue weighted by Gasteiger charge is -2.13. The number of nitrogens with zero attached hydrogens (tertiary/aromatic N) is 2. The van der Waals surface area contributed by atoms with Crippen LogP contribution < -0.4 is 0 Å². The molecular weight excluding hydrogens is 314 g/mol. The van der Waals surface area contributed by atoms with Crippen LogP contribution in [-0.2, 0) is 12.4 Å². The summed E-state index contributed by atoms with van der Waals surface area (Å²) in [7, 11) is 0. The fourth-order valence-electron chi connectivity index (χ4n) is 1.77. The molecule has 0 atom stereocenters. The van der Waals surface area contributed by atoms with Crippen molar-refractivity contribution in [3.8, 4) is 0 Å². The van der Waals surface area contributed by atoms with Gasteiger partial charge in [-0.2, -0.15) is 26.3 Å². The van der Waals surface area contributed by atoms with Gasteiger partial charge in [-0.1, -0.05) is 0 Å². The van der Waals surface area contributed by atoms with Gasteiger partial charge in [0.15, 0.2) is 17.2 Å². The molecule has 0 bridgehead atoms. The molecule has 3 nitrogen and oxygen atoms in total. The normalized spacial score (nSPS) is 12.3. The average Bonchev–Trinajstić information content (AvgIpc) is 2.45. The van der Waals surface area contributed by atoms with Crippen molar-refractivity contribution in [1.29, 1.82) is 0 Å². The molecule has 0 radical (unpaired) electrons. The van der Waals surface area contributed by atoms with Crippen molar-refractivity contribution in [3.05, 3.63) is 59.2 Å². The molecule has 0 unspecified atom stereocenters. The maximum Gasteiger partial charge on any atom is 0.434 e. The van der Waals surface area contributed by atoms with Crippen LogP contribution in [0.4, 0.5) is 26.3 Å². The Hall–Kier alpha value is -2.45. The molecule has 0 aliphatic heterocycles. The maximum absolute atomic E-state index is 12.8. The van der Waals surface area contributed by atoms with Crippen molar-refractivity contribution in [2.45, 2.75) is 12.4 Å². The lowest BCUT2D eigenvalue weighted by atomic mass is 10.00. The molecule has 0 aromatic carbocycles. The zero-order chi connectivity index (χ0) is 16.5. The van der Waals surface area contributed by atoms with Gasteiger partial charge in [-0.25, -0.2) is 0 Å². The number of alkyl halides is 6. The number of ketones is 1. The van der Waals surface area contributed by atoms with Crippen LogP contribution in [0.2, 0.25) is 0 Å². The largest absolute Gasteiger partial charge is 0.434 e. The van der Waals surface area contributed by atoms with Gasteiger partial charge in [0.2, 0.25) is 0 Å². The van der Waals surface area contributed by atoms with Crippen LogP contribution in [0.15, 0.2) is 36.7 Å². The number of rotatable bonds is 2. The molecule has 2 rings (SSSR count). The minimum absolute atomic E-state index is 0.769. The predicted molar refractivity (Wildman–Crippen MR) is 61.9 cm³/mol. The van der Waals surface area contributed by atoms with Gasteiger partial charge in [0, 0.05) is 12.4 Å². The average molecular weight is 320 g/mol. The van der Waals surface area contributed by atoms with E-state index in [9.17, 15) is 31.1 Å². The standard InChI is InChI=1S/C13H6F6N2O/c14-12(15,16)10-7(3-1-5-20-10)9(22)8-4-2-6-21-11(8)13(17,18)19/h1-6H. The Balaban J connectivity index is 2.61. The van der Waals surface area contributed by atoms with E-state index in [1.54, 1.807) is 0 Å². The first-order chi connectivity index (χ1) is 10.1. The Morgan fingerprint density at radius 3 is 1.45 bits per heavy atom. The lowest BCUT2D eigenvalue weighted by Crippen LogP contribution is -2.20. The highest BCUT2D eigenvalue weighted by atomic mass is 19.4. The highest BCUT2D eigenvalue weighted by molar-refractivity contribution is 6.10. The van der Waals surface area contributed by atoms with Gasteiger partial charge in [-0.15, -0.1) is 0 Å². The molecule has 0 N–H and O–H groups in total. The molecule has 22 heavy (non-hydrogen) atoms. The summed E-state index contributed by atoms with van der Waals surface area (Å²) in [6.07, 6.45) is -8.33. The zero-order valence-corrected chi connectivity index (χ0v) is 10.5. The van der Waals surface area contributed by atoms with Crippen LogP contribution in [0.1, 0.15) is 27.3 Å². The number of aromatic nitrogens is 2. The monoisotopic (exact) mass is 320 g/mol. The van der Waals surface area contributed by atoms with Gasteiger partial charge < -0.3 is 0 Å². The molecule has 0 saturated carbocycles. The van der Waals surface area contributed by atoms with Crippen LogP contribution in [0.3, 0.4) is 0 Å². The van der Waals surface area contributed by atoms with E-state index < -0.39 is 40.7 Å². The van der Waals surface area contributed by atoms with E-state index in [0.717, 1.165) is 36.7 Å². The molecule has 2 aromatic heterocycles. The molecule has 0 aliphatic carbocycles. The van der Waals surface area contributed by atoms with Crippen LogP contribution in [0.5, 0.6) is 0 Å². The summed E-state index contributed by atoms with van der Waals surface area (Å²) in [6, 6.07) is 3.61. The Morgan fingerprint density at radius 1 is 0.773 bits per heavy atom. The van der Waals surface area contributed by atoms with Crippen molar-refractivity contribution in [2.24, 2.45) is 0 Å². The van der Waals surface area contributed by atoms with Gasteiger partial charge in [-0.05, 0) is 24.3 Å². The maximum atomic E-state index is 12.8. The third-order valence-electron chi connectivity index (χ3n) is 2.64. The third-order valence-corrected chi connectivity index (χ3v) is 2.64. The number of carbonyl (C=O) groups is 1. The van der Waals surface area contributed by atoms with Crippen molar-refractivity contribution >= 4 is 5.78 Å². The second-order valence-electron chi connectivity index (χ2n) is 4.12. The van der Waals surface area contributed by atoms with E-state index in [4.69, 9.17) is 0 Å². The second-order valence-corrected chi connectivity index (χ2v) is 4.12. The number of pyridine rings is 2. The zero-order valence-electron chi connectivity index (χ0n) is 10.5. The van der Waals surface area contributed by atoms with E-state index in [0.29, 0.717) is 0 Å². The summed E-state index contributed by atoms with van der Waals surface area (Å²) >= 11 is 0.